The van der Waals surface area contributed by atoms with Crippen molar-refractivity contribution in [2.45, 2.75) is 58.6 Å². The standard InChI is InChI=1S/C22H28N2OS/c1-15-8-9-18(14-16(15)2)17(3)23-22(26)24-19-10-12-21(13-11-19)25-20-6-4-5-7-20/h8-14,17,20H,4-7H2,1-3H3,(H2,23,24,26)/t17-/m0/s1. The molecule has 0 aliphatic heterocycles. The smallest absolute Gasteiger partial charge is 0.171 e. The first-order valence-corrected chi connectivity index (χ1v) is 9.83. The minimum atomic E-state index is 0.152. The van der Waals surface area contributed by atoms with Crippen molar-refractivity contribution < 1.29 is 4.74 Å². The van der Waals surface area contributed by atoms with Crippen LogP contribution in [0.2, 0.25) is 0 Å². The van der Waals surface area contributed by atoms with Gasteiger partial charge >= 0.3 is 0 Å². The first kappa shape index (κ1) is 18.7. The van der Waals surface area contributed by atoms with Crippen LogP contribution in [0.25, 0.3) is 0 Å². The van der Waals surface area contributed by atoms with Crippen LogP contribution in [0.15, 0.2) is 42.5 Å². The van der Waals surface area contributed by atoms with Crippen LogP contribution in [-0.4, -0.2) is 11.2 Å². The van der Waals surface area contributed by atoms with E-state index in [2.05, 4.69) is 49.6 Å². The van der Waals surface area contributed by atoms with Gasteiger partial charge in [0.25, 0.3) is 0 Å². The summed E-state index contributed by atoms with van der Waals surface area (Å²) in [6, 6.07) is 14.7. The summed E-state index contributed by atoms with van der Waals surface area (Å²) in [6.45, 7) is 6.39. The maximum absolute atomic E-state index is 6.00. The van der Waals surface area contributed by atoms with Gasteiger partial charge in [0.1, 0.15) is 5.75 Å². The van der Waals surface area contributed by atoms with Crippen LogP contribution in [0.4, 0.5) is 5.69 Å². The van der Waals surface area contributed by atoms with Crippen LogP contribution in [0.3, 0.4) is 0 Å². The Bertz CT molecular complexity index is 751. The average Bonchev–Trinajstić information content (AvgIpc) is 3.12. The summed E-state index contributed by atoms with van der Waals surface area (Å²) in [7, 11) is 0. The Morgan fingerprint density at radius 1 is 1.04 bits per heavy atom. The molecule has 1 aliphatic carbocycles. The predicted octanol–water partition coefficient (Wildman–Crippen LogP) is 5.67. The van der Waals surface area contributed by atoms with Crippen LogP contribution in [0, 0.1) is 13.8 Å². The highest BCUT2D eigenvalue weighted by molar-refractivity contribution is 7.80. The Morgan fingerprint density at radius 2 is 1.73 bits per heavy atom. The fraction of sp³-hybridized carbons (Fsp3) is 0.409. The monoisotopic (exact) mass is 368 g/mol. The number of thiocarbonyl (C=S) groups is 1. The predicted molar refractivity (Wildman–Crippen MR) is 113 cm³/mol. The maximum atomic E-state index is 6.00. The van der Waals surface area contributed by atoms with Crippen molar-refractivity contribution in [2.24, 2.45) is 0 Å². The second-order valence-corrected chi connectivity index (χ2v) is 7.62. The molecule has 0 heterocycles. The quantitative estimate of drug-likeness (QED) is 0.666. The molecule has 0 aromatic heterocycles. The largest absolute Gasteiger partial charge is 0.490 e. The summed E-state index contributed by atoms with van der Waals surface area (Å²) >= 11 is 5.47. The molecule has 1 saturated carbocycles. The zero-order valence-electron chi connectivity index (χ0n) is 15.8. The van der Waals surface area contributed by atoms with E-state index in [1.54, 1.807) is 0 Å². The Hall–Kier alpha value is -2.07. The third-order valence-corrected chi connectivity index (χ3v) is 5.32. The van der Waals surface area contributed by atoms with E-state index in [1.165, 1.54) is 42.4 Å². The van der Waals surface area contributed by atoms with Crippen molar-refractivity contribution in [3.63, 3.8) is 0 Å². The highest BCUT2D eigenvalue weighted by Gasteiger charge is 2.16. The van der Waals surface area contributed by atoms with Gasteiger partial charge in [0.15, 0.2) is 5.11 Å². The number of benzene rings is 2. The van der Waals surface area contributed by atoms with Crippen molar-refractivity contribution in [3.05, 3.63) is 59.2 Å². The van der Waals surface area contributed by atoms with E-state index in [0.29, 0.717) is 11.2 Å². The molecule has 1 atom stereocenters. The van der Waals surface area contributed by atoms with Crippen LogP contribution in [-0.2, 0) is 0 Å². The summed E-state index contributed by atoms with van der Waals surface area (Å²) in [5, 5.41) is 7.23. The molecule has 0 bridgehead atoms. The van der Waals surface area contributed by atoms with E-state index >= 15 is 0 Å². The second-order valence-electron chi connectivity index (χ2n) is 7.21. The number of ether oxygens (including phenoxy) is 1. The Morgan fingerprint density at radius 3 is 2.38 bits per heavy atom. The number of anilines is 1. The fourth-order valence-electron chi connectivity index (χ4n) is 3.30. The van der Waals surface area contributed by atoms with Crippen molar-refractivity contribution >= 4 is 23.0 Å². The van der Waals surface area contributed by atoms with Crippen LogP contribution >= 0.6 is 12.2 Å². The molecule has 26 heavy (non-hydrogen) atoms. The third kappa shape index (κ3) is 4.98. The fourth-order valence-corrected chi connectivity index (χ4v) is 3.59. The van der Waals surface area contributed by atoms with E-state index in [1.807, 2.05) is 24.3 Å². The third-order valence-electron chi connectivity index (χ3n) is 5.10. The molecule has 1 aliphatic rings. The van der Waals surface area contributed by atoms with Crippen molar-refractivity contribution in [2.75, 3.05) is 5.32 Å². The summed E-state index contributed by atoms with van der Waals surface area (Å²) in [4.78, 5) is 0. The topological polar surface area (TPSA) is 33.3 Å². The van der Waals surface area contributed by atoms with Gasteiger partial charge in [-0.25, -0.2) is 0 Å². The number of rotatable bonds is 5. The molecule has 0 spiro atoms. The Labute approximate surface area is 162 Å². The van der Waals surface area contributed by atoms with Gasteiger partial charge in [-0.05, 0) is 99.6 Å². The van der Waals surface area contributed by atoms with Gasteiger partial charge in [0, 0.05) is 5.69 Å². The molecule has 3 rings (SSSR count). The number of hydrogen-bond donors (Lipinski definition) is 2. The van der Waals surface area contributed by atoms with Crippen molar-refractivity contribution in [3.8, 4) is 5.75 Å². The molecule has 3 nitrogen and oxygen atoms in total. The molecule has 2 aromatic rings. The van der Waals surface area contributed by atoms with E-state index in [9.17, 15) is 0 Å². The first-order chi connectivity index (χ1) is 12.5. The minimum Gasteiger partial charge on any atom is -0.490 e. The van der Waals surface area contributed by atoms with Gasteiger partial charge in [-0.2, -0.15) is 0 Å². The van der Waals surface area contributed by atoms with E-state index in [-0.39, 0.29) is 6.04 Å². The highest BCUT2D eigenvalue weighted by Crippen LogP contribution is 2.25. The number of aryl methyl sites for hydroxylation is 2. The van der Waals surface area contributed by atoms with Crippen LogP contribution < -0.4 is 15.4 Å². The molecule has 0 radical (unpaired) electrons. The van der Waals surface area contributed by atoms with Gasteiger partial charge in [0.05, 0.1) is 12.1 Å². The highest BCUT2D eigenvalue weighted by atomic mass is 32.1. The van der Waals surface area contributed by atoms with Crippen LogP contribution in [0.5, 0.6) is 5.75 Å². The zero-order chi connectivity index (χ0) is 18.5. The number of hydrogen-bond acceptors (Lipinski definition) is 2. The van der Waals surface area contributed by atoms with Gasteiger partial charge in [0.2, 0.25) is 0 Å². The molecule has 0 amide bonds. The van der Waals surface area contributed by atoms with Crippen molar-refractivity contribution in [1.82, 2.24) is 5.32 Å². The lowest BCUT2D eigenvalue weighted by molar-refractivity contribution is 0.210. The zero-order valence-corrected chi connectivity index (χ0v) is 16.7. The lowest BCUT2D eigenvalue weighted by atomic mass is 10.0. The molecule has 0 unspecified atom stereocenters. The maximum Gasteiger partial charge on any atom is 0.171 e. The molecular weight excluding hydrogens is 340 g/mol. The van der Waals surface area contributed by atoms with Gasteiger partial charge in [-0.1, -0.05) is 18.2 Å². The van der Waals surface area contributed by atoms with E-state index < -0.39 is 0 Å². The van der Waals surface area contributed by atoms with Gasteiger partial charge < -0.3 is 15.4 Å². The summed E-state index contributed by atoms with van der Waals surface area (Å²) in [5.41, 5.74) is 4.81. The molecule has 2 aromatic carbocycles. The normalized spacial score (nSPS) is 15.5. The Kier molecular flexibility index (Phi) is 6.15. The molecule has 0 saturated heterocycles. The summed E-state index contributed by atoms with van der Waals surface area (Å²) < 4.78 is 6.00. The molecule has 4 heteroatoms. The van der Waals surface area contributed by atoms with Crippen molar-refractivity contribution in [1.29, 1.82) is 0 Å². The second kappa shape index (κ2) is 8.54. The first-order valence-electron chi connectivity index (χ1n) is 9.42. The number of nitrogens with one attached hydrogen (secondary N) is 2. The lowest BCUT2D eigenvalue weighted by Gasteiger charge is -2.19. The summed E-state index contributed by atoms with van der Waals surface area (Å²) in [6.07, 6.45) is 5.29. The SMILES string of the molecule is Cc1ccc([C@H](C)NC(=S)Nc2ccc(OC3CCCC3)cc2)cc1C. The van der Waals surface area contributed by atoms with E-state index in [4.69, 9.17) is 17.0 Å². The minimum absolute atomic E-state index is 0.152. The van der Waals surface area contributed by atoms with E-state index in [0.717, 1.165) is 11.4 Å². The van der Waals surface area contributed by atoms with Gasteiger partial charge in [-0.3, -0.25) is 0 Å². The lowest BCUT2D eigenvalue weighted by Crippen LogP contribution is -2.30. The molecule has 1 fully saturated rings. The summed E-state index contributed by atoms with van der Waals surface area (Å²) in [5.74, 6) is 0.935. The Balaban J connectivity index is 1.52. The molecule has 2 N–H and O–H groups in total. The molecule has 138 valence electrons. The van der Waals surface area contributed by atoms with Crippen LogP contribution in [0.1, 0.15) is 55.3 Å². The molecular formula is C22H28N2OS. The average molecular weight is 369 g/mol. The van der Waals surface area contributed by atoms with Gasteiger partial charge in [-0.15, -0.1) is 0 Å².